The minimum Gasteiger partial charge on any atom is -0.488 e. The zero-order chi connectivity index (χ0) is 37.2. The van der Waals surface area contributed by atoms with Crippen LogP contribution in [0, 0.1) is 23.2 Å². The van der Waals surface area contributed by atoms with Crippen molar-refractivity contribution in [2.24, 2.45) is 17.6 Å². The van der Waals surface area contributed by atoms with Crippen LogP contribution in [0.5, 0.6) is 23.0 Å². The van der Waals surface area contributed by atoms with Gasteiger partial charge in [-0.15, -0.1) is 0 Å². The number of rotatable bonds is 12. The van der Waals surface area contributed by atoms with Crippen LogP contribution in [0.15, 0.2) is 77.7 Å². The third kappa shape index (κ3) is 11.8. The van der Waals surface area contributed by atoms with Gasteiger partial charge in [0.2, 0.25) is 0 Å². The fourth-order valence-corrected chi connectivity index (χ4v) is 6.85. The minimum absolute atomic E-state index is 0. The maximum atomic E-state index is 13.4. The molecule has 0 radical (unpaired) electrons. The molecule has 11 nitrogen and oxygen atoms in total. The lowest BCUT2D eigenvalue weighted by atomic mass is 10.1. The number of benzene rings is 3. The highest BCUT2D eigenvalue weighted by Gasteiger charge is 2.22. The van der Waals surface area contributed by atoms with Gasteiger partial charge >= 0.3 is 0 Å². The quantitative estimate of drug-likeness (QED) is 0.167. The van der Waals surface area contributed by atoms with Crippen LogP contribution >= 0.6 is 38.6 Å². The summed E-state index contributed by atoms with van der Waals surface area (Å²) in [5.41, 5.74) is 8.43. The predicted octanol–water partition coefficient (Wildman–Crippen LogP) is 6.29. The molecule has 1 aliphatic heterocycles. The number of ether oxygens (including phenoxy) is 4. The Morgan fingerprint density at radius 3 is 2.25 bits per heavy atom. The van der Waals surface area contributed by atoms with Gasteiger partial charge in [0, 0.05) is 56.1 Å². The number of ketones is 2. The molecule has 3 aliphatic rings. The topological polar surface area (TPSA) is 155 Å². The molecule has 0 unspecified atom stereocenters. The van der Waals surface area contributed by atoms with E-state index in [1.807, 2.05) is 18.2 Å². The van der Waals surface area contributed by atoms with Crippen molar-refractivity contribution in [3.8, 4) is 34.8 Å². The molecule has 14 heteroatoms. The smallest absolute Gasteiger partial charge is 0.261 e. The summed E-state index contributed by atoms with van der Waals surface area (Å²) in [4.78, 5) is 35.7. The molecule has 0 saturated heterocycles. The van der Waals surface area contributed by atoms with E-state index in [-0.39, 0.29) is 45.8 Å². The van der Waals surface area contributed by atoms with Crippen molar-refractivity contribution in [3.63, 3.8) is 0 Å². The van der Waals surface area contributed by atoms with Crippen LogP contribution in [-0.2, 0) is 29.3 Å². The zero-order valence-electron chi connectivity index (χ0n) is 30.5. The molecular weight excluding hydrogens is 760 g/mol. The maximum Gasteiger partial charge on any atom is 0.261 e. The number of nitrogens with one attached hydrogen (secondary N) is 1. The molecule has 0 amide bonds. The molecular formula is C41H47ClN4O7S2. The average molecular weight is 807 g/mol. The number of hydrogen-bond donors (Lipinski definition) is 2. The molecule has 3 aromatic carbocycles. The summed E-state index contributed by atoms with van der Waals surface area (Å²) in [5, 5.41) is 13.1. The second-order valence-electron chi connectivity index (χ2n) is 13.5. The van der Waals surface area contributed by atoms with Crippen LogP contribution in [0.3, 0.4) is 0 Å². The lowest BCUT2D eigenvalue weighted by Gasteiger charge is -2.19. The van der Waals surface area contributed by atoms with Crippen molar-refractivity contribution in [2.75, 3.05) is 26.3 Å². The molecule has 3 N–H and O–H groups in total. The van der Waals surface area contributed by atoms with Crippen molar-refractivity contribution < 1.29 is 28.5 Å². The monoisotopic (exact) mass is 806 g/mol. The highest BCUT2D eigenvalue weighted by Crippen LogP contribution is 2.35. The van der Waals surface area contributed by atoms with Gasteiger partial charge in [-0.2, -0.15) is 32.3 Å². The molecule has 2 heterocycles. The Balaban J connectivity index is 0.000000600. The molecule has 292 valence electrons. The number of nitrogens with two attached hydrogens (primary N) is 1. The number of aromatic nitrogens is 1. The summed E-state index contributed by atoms with van der Waals surface area (Å²) in [6, 6.07) is 21.8. The van der Waals surface area contributed by atoms with Gasteiger partial charge in [0.1, 0.15) is 49.5 Å². The fourth-order valence-electron chi connectivity index (χ4n) is 6.61. The van der Waals surface area contributed by atoms with Gasteiger partial charge < -0.3 is 30.0 Å². The van der Waals surface area contributed by atoms with Gasteiger partial charge in [-0.25, -0.2) is 0 Å². The van der Waals surface area contributed by atoms with E-state index in [0.717, 1.165) is 43.4 Å². The van der Waals surface area contributed by atoms with Crippen LogP contribution in [0.2, 0.25) is 5.02 Å². The van der Waals surface area contributed by atoms with E-state index in [4.69, 9.17) is 36.3 Å². The summed E-state index contributed by atoms with van der Waals surface area (Å²) in [6.45, 7) is 3.05. The summed E-state index contributed by atoms with van der Waals surface area (Å²) in [5.74, 6) is 3.71. The molecule has 4 aromatic rings. The van der Waals surface area contributed by atoms with Crippen molar-refractivity contribution in [3.05, 3.63) is 111 Å². The van der Waals surface area contributed by atoms with Gasteiger partial charge in [-0.1, -0.05) is 23.7 Å². The van der Waals surface area contributed by atoms with Crippen LogP contribution in [0.25, 0.3) is 5.69 Å². The zero-order valence-corrected chi connectivity index (χ0v) is 33.2. The Morgan fingerprint density at radius 1 is 0.836 bits per heavy atom. The summed E-state index contributed by atoms with van der Waals surface area (Å²) >= 11 is 6.69. The van der Waals surface area contributed by atoms with Gasteiger partial charge in [-0.05, 0) is 85.8 Å². The standard InChI is InChI=1S/C35H32ClN3O6.C6H11NO.2H2S/c36-30-15-27(20-38-19-24-6-8-29(40)14-24)32(44-21-25-4-1-3-23(13-25)18-37)17-33(30)45-22-26-5-2-10-39(35(26)41)28-7-9-31-34(16-28)43-12-11-42-31;7-4-5-1-2-6(8)3-5;;/h1-5,7,9-10,13,15-17,24,38H,6,8,11-12,14,19-22H2;5H,1-4,7H2;2*1H2/t24-;5-;;/m11../s1. The van der Waals surface area contributed by atoms with Crippen molar-refractivity contribution in [1.82, 2.24) is 9.88 Å². The third-order valence-electron chi connectivity index (χ3n) is 9.56. The van der Waals surface area contributed by atoms with Gasteiger partial charge in [0.15, 0.2) is 11.5 Å². The normalized spacial score (nSPS) is 16.9. The van der Waals surface area contributed by atoms with Gasteiger partial charge in [0.05, 0.1) is 27.9 Å². The first kappa shape index (κ1) is 43.3. The molecule has 1 aromatic heterocycles. The molecule has 2 aliphatic carbocycles. The van der Waals surface area contributed by atoms with Crippen LogP contribution in [-0.4, -0.2) is 42.4 Å². The molecule has 2 saturated carbocycles. The molecule has 0 bridgehead atoms. The van der Waals surface area contributed by atoms with Gasteiger partial charge in [-0.3, -0.25) is 19.0 Å². The molecule has 55 heavy (non-hydrogen) atoms. The first-order chi connectivity index (χ1) is 25.8. The summed E-state index contributed by atoms with van der Waals surface area (Å²) < 4.78 is 25.1. The van der Waals surface area contributed by atoms with E-state index in [2.05, 4.69) is 11.4 Å². The van der Waals surface area contributed by atoms with Crippen molar-refractivity contribution in [1.29, 1.82) is 5.26 Å². The predicted molar refractivity (Wildman–Crippen MR) is 221 cm³/mol. The number of pyridine rings is 1. The van der Waals surface area contributed by atoms with Gasteiger partial charge in [0.25, 0.3) is 5.56 Å². The largest absolute Gasteiger partial charge is 0.488 e. The number of carbonyl (C=O) groups excluding carboxylic acids is 2. The minimum atomic E-state index is -0.231. The number of nitrogens with zero attached hydrogens (tertiary/aromatic N) is 2. The SMILES string of the molecule is N#Cc1cccc(COc2cc(OCc3cccn(-c4ccc5c(c4)OCCO5)c3=O)c(Cl)cc2CNC[C@@H]2CCC(=O)C2)c1.NC[C@@H]1CCC(=O)C1.S.S. The third-order valence-corrected chi connectivity index (χ3v) is 9.85. The second-order valence-corrected chi connectivity index (χ2v) is 13.9. The van der Waals surface area contributed by atoms with E-state index >= 15 is 0 Å². The highest BCUT2D eigenvalue weighted by molar-refractivity contribution is 7.59. The van der Waals surface area contributed by atoms with Crippen LogP contribution in [0.4, 0.5) is 0 Å². The fraction of sp³-hybridized carbons (Fsp3) is 0.366. The van der Waals surface area contributed by atoms with E-state index in [1.54, 1.807) is 54.7 Å². The number of nitriles is 1. The number of Topliss-reactive ketones (excluding diaryl/α,β-unsaturated/α-hetero) is 2. The maximum absolute atomic E-state index is 13.4. The van der Waals surface area contributed by atoms with E-state index < -0.39 is 0 Å². The summed E-state index contributed by atoms with van der Waals surface area (Å²) in [6.07, 6.45) is 6.36. The Hall–Kier alpha value is -4.45. The molecule has 7 rings (SSSR count). The number of hydrogen-bond acceptors (Lipinski definition) is 10. The van der Waals surface area contributed by atoms with Crippen molar-refractivity contribution >= 4 is 50.2 Å². The summed E-state index contributed by atoms with van der Waals surface area (Å²) in [7, 11) is 0. The second kappa shape index (κ2) is 21.0. The lowest BCUT2D eigenvalue weighted by molar-refractivity contribution is -0.118. The molecule has 0 spiro atoms. The highest BCUT2D eigenvalue weighted by atomic mass is 35.5. The van der Waals surface area contributed by atoms with Crippen molar-refractivity contribution in [2.45, 2.75) is 58.3 Å². The Bertz CT molecular complexity index is 2050. The Morgan fingerprint density at radius 2 is 1.56 bits per heavy atom. The van der Waals surface area contributed by atoms with Crippen LogP contribution in [0.1, 0.15) is 60.8 Å². The Labute approximate surface area is 339 Å². The van der Waals surface area contributed by atoms with E-state index in [9.17, 15) is 19.6 Å². The lowest BCUT2D eigenvalue weighted by Crippen LogP contribution is -2.23. The number of carbonyl (C=O) groups is 2. The number of fused-ring (bicyclic) bond motifs is 1. The first-order valence-electron chi connectivity index (χ1n) is 17.9. The average Bonchev–Trinajstić information content (AvgIpc) is 3.81. The number of halogens is 1. The molecule has 2 fully saturated rings. The first-order valence-corrected chi connectivity index (χ1v) is 18.3. The molecule has 2 atom stereocenters. The van der Waals surface area contributed by atoms with Crippen LogP contribution < -0.4 is 35.6 Å². The Kier molecular flexibility index (Phi) is 16.5. The van der Waals surface area contributed by atoms with E-state index in [0.29, 0.717) is 107 Å². The van der Waals surface area contributed by atoms with E-state index in [1.165, 1.54) is 4.57 Å².